The molecule has 0 N–H and O–H groups in total. The highest BCUT2D eigenvalue weighted by Crippen LogP contribution is 2.44. The molecule has 0 unspecified atom stereocenters. The van der Waals surface area contributed by atoms with Gasteiger partial charge in [-0.1, -0.05) is 42.5 Å². The summed E-state index contributed by atoms with van der Waals surface area (Å²) in [5.41, 5.74) is 2.81. The summed E-state index contributed by atoms with van der Waals surface area (Å²) in [7, 11) is 1.59. The quantitative estimate of drug-likeness (QED) is 0.444. The zero-order chi connectivity index (χ0) is 22.9. The van der Waals surface area contributed by atoms with E-state index >= 15 is 0 Å². The minimum Gasteiger partial charge on any atom is -0.493 e. The van der Waals surface area contributed by atoms with Gasteiger partial charge in [0.05, 0.1) is 12.7 Å². The van der Waals surface area contributed by atoms with Crippen LogP contribution in [0.1, 0.15) is 36.7 Å². The van der Waals surface area contributed by atoms with Crippen molar-refractivity contribution in [3.8, 4) is 17.4 Å². The first-order chi connectivity index (χ1) is 16.1. The molecule has 1 aliphatic rings. The van der Waals surface area contributed by atoms with Crippen molar-refractivity contribution < 1.29 is 19.0 Å². The van der Waals surface area contributed by atoms with Crippen LogP contribution in [0.3, 0.4) is 0 Å². The van der Waals surface area contributed by atoms with Crippen molar-refractivity contribution in [1.29, 1.82) is 0 Å². The molecule has 4 aromatic rings. The Kier molecular flexibility index (Phi) is 5.26. The normalized spacial score (nSPS) is 15.2. The van der Waals surface area contributed by atoms with Gasteiger partial charge in [0.25, 0.3) is 0 Å². The Hall–Kier alpha value is -4.20. The average molecular weight is 442 g/mol. The van der Waals surface area contributed by atoms with Crippen LogP contribution < -0.4 is 14.2 Å². The molecule has 0 amide bonds. The van der Waals surface area contributed by atoms with Crippen LogP contribution in [-0.4, -0.2) is 32.5 Å². The summed E-state index contributed by atoms with van der Waals surface area (Å²) in [4.78, 5) is 21.8. The number of allylic oxidation sites excluding steroid dienone is 2. The number of carbonyl (C=O) groups excluding carboxylic acids is 1. The van der Waals surface area contributed by atoms with Crippen LogP contribution >= 0.6 is 0 Å². The second-order valence-electron chi connectivity index (χ2n) is 7.67. The van der Waals surface area contributed by atoms with E-state index in [1.54, 1.807) is 31.8 Å². The topological polar surface area (TPSA) is 87.8 Å². The van der Waals surface area contributed by atoms with Crippen LogP contribution in [0.5, 0.6) is 17.4 Å². The number of hydrogen-bond donors (Lipinski definition) is 0. The number of para-hydroxylation sites is 2. The Balaban J connectivity index is 1.59. The minimum absolute atomic E-state index is 0.0618. The van der Waals surface area contributed by atoms with Gasteiger partial charge in [0, 0.05) is 11.5 Å². The van der Waals surface area contributed by atoms with Gasteiger partial charge in [-0.25, -0.2) is 14.5 Å². The Morgan fingerprint density at radius 3 is 2.55 bits per heavy atom. The second-order valence-corrected chi connectivity index (χ2v) is 7.67. The average Bonchev–Trinajstić information content (AvgIpc) is 3.25. The summed E-state index contributed by atoms with van der Waals surface area (Å²) in [5.74, 6) is 2.23. The lowest BCUT2D eigenvalue weighted by Gasteiger charge is -2.28. The molecule has 8 heteroatoms. The lowest BCUT2D eigenvalue weighted by atomic mass is 9.82. The first kappa shape index (κ1) is 20.7. The third-order valence-corrected chi connectivity index (χ3v) is 5.58. The van der Waals surface area contributed by atoms with Crippen LogP contribution in [0, 0.1) is 0 Å². The van der Waals surface area contributed by atoms with Crippen LogP contribution in [0.25, 0.3) is 5.65 Å². The van der Waals surface area contributed by atoms with Gasteiger partial charge in [-0.15, -0.1) is 5.10 Å². The summed E-state index contributed by atoms with van der Waals surface area (Å²) in [5, 5.41) is 4.53. The number of nitrogens with zero attached hydrogens (tertiary/aromatic N) is 4. The number of aromatic nitrogens is 4. The standard InChI is InChI=1S/C25H22N4O4/c1-15(30)21-16(2)33-25-23(22(21)17-9-5-4-6-10-17)24-27-20(28-29(24)14-26-25)13-32-19-12-8-7-11-18(19)31-3/h4-12,14,22H,13H2,1-3H3/t22-/m0/s1. The van der Waals surface area contributed by atoms with Gasteiger partial charge >= 0.3 is 0 Å². The molecule has 0 spiro atoms. The van der Waals surface area contributed by atoms with Gasteiger partial charge in [-0.2, -0.15) is 0 Å². The molecule has 1 aliphatic heterocycles. The molecule has 0 aliphatic carbocycles. The van der Waals surface area contributed by atoms with Gasteiger partial charge in [-0.3, -0.25) is 4.79 Å². The van der Waals surface area contributed by atoms with Crippen LogP contribution in [0.2, 0.25) is 0 Å². The Morgan fingerprint density at radius 1 is 1.09 bits per heavy atom. The highest BCUT2D eigenvalue weighted by atomic mass is 16.5. The summed E-state index contributed by atoms with van der Waals surface area (Å²) in [6.45, 7) is 3.48. The lowest BCUT2D eigenvalue weighted by molar-refractivity contribution is -0.114. The molecule has 0 fully saturated rings. The molecule has 2 aromatic heterocycles. The predicted molar refractivity (Wildman–Crippen MR) is 120 cm³/mol. The van der Waals surface area contributed by atoms with Crippen LogP contribution in [0.4, 0.5) is 0 Å². The van der Waals surface area contributed by atoms with E-state index in [9.17, 15) is 4.79 Å². The monoisotopic (exact) mass is 442 g/mol. The largest absolute Gasteiger partial charge is 0.493 e. The van der Waals surface area contributed by atoms with Crippen molar-refractivity contribution in [1.82, 2.24) is 19.6 Å². The molecule has 33 heavy (non-hydrogen) atoms. The summed E-state index contributed by atoms with van der Waals surface area (Å²) < 4.78 is 18.8. The summed E-state index contributed by atoms with van der Waals surface area (Å²) >= 11 is 0. The molecule has 0 saturated heterocycles. The highest BCUT2D eigenvalue weighted by molar-refractivity contribution is 5.97. The van der Waals surface area contributed by atoms with Gasteiger partial charge in [0.1, 0.15) is 18.7 Å². The summed E-state index contributed by atoms with van der Waals surface area (Å²) in [6.07, 6.45) is 1.56. The van der Waals surface area contributed by atoms with E-state index in [1.165, 1.54) is 0 Å². The zero-order valence-corrected chi connectivity index (χ0v) is 18.5. The van der Waals surface area contributed by atoms with Crippen LogP contribution in [0.15, 0.2) is 72.3 Å². The number of ketones is 1. The first-order valence-electron chi connectivity index (χ1n) is 10.5. The molecule has 0 radical (unpaired) electrons. The molecule has 0 bridgehead atoms. The number of Topliss-reactive ketones (excluding diaryl/α,β-unsaturated/α-hetero) is 1. The molecule has 0 saturated carbocycles. The van der Waals surface area contributed by atoms with E-state index in [2.05, 4.69) is 10.1 Å². The molecular formula is C25H22N4O4. The first-order valence-corrected chi connectivity index (χ1v) is 10.5. The van der Waals surface area contributed by atoms with Crippen molar-refractivity contribution in [3.05, 3.63) is 89.2 Å². The molecule has 1 atom stereocenters. The number of fused-ring (bicyclic) bond motifs is 3. The van der Waals surface area contributed by atoms with E-state index in [4.69, 9.17) is 19.2 Å². The highest BCUT2D eigenvalue weighted by Gasteiger charge is 2.35. The number of methoxy groups -OCH3 is 1. The second kappa shape index (κ2) is 8.38. The molecule has 8 nitrogen and oxygen atoms in total. The number of benzene rings is 2. The lowest BCUT2D eigenvalue weighted by Crippen LogP contribution is -2.22. The van der Waals surface area contributed by atoms with Crippen molar-refractivity contribution in [3.63, 3.8) is 0 Å². The number of rotatable bonds is 6. The van der Waals surface area contributed by atoms with E-state index < -0.39 is 0 Å². The molecule has 2 aromatic carbocycles. The van der Waals surface area contributed by atoms with E-state index in [0.717, 1.165) is 5.56 Å². The van der Waals surface area contributed by atoms with Crippen LogP contribution in [-0.2, 0) is 11.4 Å². The fourth-order valence-electron chi connectivity index (χ4n) is 4.16. The van der Waals surface area contributed by atoms with Crippen molar-refractivity contribution in [2.24, 2.45) is 0 Å². The molecule has 166 valence electrons. The number of carbonyl (C=O) groups is 1. The van der Waals surface area contributed by atoms with Gasteiger partial charge in [0.2, 0.25) is 5.88 Å². The van der Waals surface area contributed by atoms with E-state index in [0.29, 0.717) is 45.7 Å². The Morgan fingerprint density at radius 2 is 1.82 bits per heavy atom. The molecule has 3 heterocycles. The number of ether oxygens (including phenoxy) is 3. The van der Waals surface area contributed by atoms with Gasteiger partial charge in [-0.05, 0) is 31.5 Å². The van der Waals surface area contributed by atoms with Gasteiger partial charge < -0.3 is 14.2 Å². The van der Waals surface area contributed by atoms with Crippen molar-refractivity contribution in [2.75, 3.05) is 7.11 Å². The maximum atomic E-state index is 12.6. The predicted octanol–water partition coefficient (Wildman–Crippen LogP) is 4.10. The third kappa shape index (κ3) is 3.69. The van der Waals surface area contributed by atoms with Crippen molar-refractivity contribution in [2.45, 2.75) is 26.4 Å². The van der Waals surface area contributed by atoms with E-state index in [-0.39, 0.29) is 18.3 Å². The van der Waals surface area contributed by atoms with E-state index in [1.807, 2.05) is 54.6 Å². The Bertz CT molecular complexity index is 1380. The van der Waals surface area contributed by atoms with Gasteiger partial charge in [0.15, 0.2) is 28.8 Å². The minimum atomic E-state index is -0.365. The van der Waals surface area contributed by atoms with Crippen molar-refractivity contribution >= 4 is 11.4 Å². The SMILES string of the molecule is COc1ccccc1OCc1nc2c3c(ncn2n1)OC(C)=C(C(C)=O)[C@@H]3c1ccccc1. The smallest absolute Gasteiger partial charge is 0.228 e. The maximum Gasteiger partial charge on any atom is 0.228 e. The fraction of sp³-hybridized carbons (Fsp3) is 0.200. The zero-order valence-electron chi connectivity index (χ0n) is 18.5. The fourth-order valence-corrected chi connectivity index (χ4v) is 4.16. The molecule has 5 rings (SSSR count). The third-order valence-electron chi connectivity index (χ3n) is 5.58. The summed E-state index contributed by atoms with van der Waals surface area (Å²) in [6, 6.07) is 17.2. The molecular weight excluding hydrogens is 420 g/mol. The number of hydrogen-bond acceptors (Lipinski definition) is 7. The Labute approximate surface area is 190 Å². The maximum absolute atomic E-state index is 12.6.